The molecule has 0 aromatic heterocycles. The summed E-state index contributed by atoms with van der Waals surface area (Å²) in [5.74, 6) is -0.332. The van der Waals surface area contributed by atoms with E-state index in [1.807, 2.05) is 44.2 Å². The fourth-order valence-corrected chi connectivity index (χ4v) is 7.00. The number of sulfonamides is 1. The van der Waals surface area contributed by atoms with Crippen LogP contribution >= 0.6 is 23.2 Å². The number of anilines is 1. The summed E-state index contributed by atoms with van der Waals surface area (Å²) in [6.45, 7) is 3.53. The van der Waals surface area contributed by atoms with E-state index < -0.39 is 34.4 Å². The largest absolute Gasteiger partial charge is 0.493 e. The summed E-state index contributed by atoms with van der Waals surface area (Å²) in [6, 6.07) is 25.7. The fourth-order valence-electron chi connectivity index (χ4n) is 5.06. The number of amides is 2. The quantitative estimate of drug-likeness (QED) is 0.149. The summed E-state index contributed by atoms with van der Waals surface area (Å²) in [5, 5.41) is 3.57. The first-order valence-corrected chi connectivity index (χ1v) is 17.5. The van der Waals surface area contributed by atoms with Gasteiger partial charge >= 0.3 is 0 Å². The normalized spacial score (nSPS) is 11.9. The third kappa shape index (κ3) is 9.00. The van der Waals surface area contributed by atoms with Gasteiger partial charge in [-0.1, -0.05) is 91.6 Å². The molecule has 48 heavy (non-hydrogen) atoms. The summed E-state index contributed by atoms with van der Waals surface area (Å²) < 4.78 is 40.4. The molecule has 0 fully saturated rings. The Labute approximate surface area is 292 Å². The number of rotatable bonds is 15. The van der Waals surface area contributed by atoms with Gasteiger partial charge in [-0.3, -0.25) is 13.9 Å². The van der Waals surface area contributed by atoms with Crippen molar-refractivity contribution < 1.29 is 27.5 Å². The molecule has 1 unspecified atom stereocenters. The molecule has 2 amide bonds. The highest BCUT2D eigenvalue weighted by atomic mass is 35.5. The van der Waals surface area contributed by atoms with Gasteiger partial charge in [0.05, 0.1) is 24.8 Å². The lowest BCUT2D eigenvalue weighted by Gasteiger charge is -2.34. The van der Waals surface area contributed by atoms with Crippen molar-refractivity contribution in [3.63, 3.8) is 0 Å². The number of hydrogen-bond donors (Lipinski definition) is 1. The molecular formula is C36H39Cl2N3O6S. The van der Waals surface area contributed by atoms with Gasteiger partial charge in [-0.05, 0) is 47.9 Å². The molecule has 0 heterocycles. The predicted molar refractivity (Wildman–Crippen MR) is 189 cm³/mol. The second-order valence-corrected chi connectivity index (χ2v) is 14.1. The second-order valence-electron chi connectivity index (χ2n) is 11.4. The van der Waals surface area contributed by atoms with Crippen molar-refractivity contribution in [2.75, 3.05) is 31.6 Å². The van der Waals surface area contributed by atoms with Crippen molar-refractivity contribution in [3.8, 4) is 11.5 Å². The van der Waals surface area contributed by atoms with E-state index in [1.54, 1.807) is 48.5 Å². The Bertz CT molecular complexity index is 1790. The first-order chi connectivity index (χ1) is 23.0. The van der Waals surface area contributed by atoms with Crippen LogP contribution in [0.5, 0.6) is 11.5 Å². The minimum Gasteiger partial charge on any atom is -0.493 e. The second kappa shape index (κ2) is 16.7. The lowest BCUT2D eigenvalue weighted by atomic mass is 10.0. The Balaban J connectivity index is 1.83. The Kier molecular flexibility index (Phi) is 12.7. The number of nitrogens with one attached hydrogen (secondary N) is 1. The third-order valence-electron chi connectivity index (χ3n) is 7.61. The maximum absolute atomic E-state index is 14.6. The monoisotopic (exact) mass is 711 g/mol. The minimum atomic E-state index is -4.36. The number of ether oxygens (including phenoxy) is 2. The maximum Gasteiger partial charge on any atom is 0.264 e. The predicted octanol–water partition coefficient (Wildman–Crippen LogP) is 6.62. The van der Waals surface area contributed by atoms with Gasteiger partial charge in [0.15, 0.2) is 11.5 Å². The first-order valence-electron chi connectivity index (χ1n) is 15.3. The SMILES string of the molecule is COc1ccc(S(=O)(=O)N(CC(=O)N(Cc2c(Cl)cccc2Cl)C(Cc2ccccc2)C(=O)NCC(C)C)c2ccccc2)cc1OC. The molecule has 1 atom stereocenters. The number of methoxy groups -OCH3 is 2. The molecule has 254 valence electrons. The number of benzene rings is 4. The molecule has 0 spiro atoms. The molecule has 0 saturated heterocycles. The van der Waals surface area contributed by atoms with Crippen LogP contribution in [0.4, 0.5) is 5.69 Å². The van der Waals surface area contributed by atoms with E-state index in [9.17, 15) is 18.0 Å². The summed E-state index contributed by atoms with van der Waals surface area (Å²) in [5.41, 5.74) is 1.49. The molecule has 9 nitrogen and oxygen atoms in total. The lowest BCUT2D eigenvalue weighted by molar-refractivity contribution is -0.140. The zero-order valence-electron chi connectivity index (χ0n) is 27.2. The Morgan fingerprint density at radius 2 is 1.42 bits per heavy atom. The average Bonchev–Trinajstić information content (AvgIpc) is 3.09. The van der Waals surface area contributed by atoms with Crippen molar-refractivity contribution in [1.29, 1.82) is 0 Å². The lowest BCUT2D eigenvalue weighted by Crippen LogP contribution is -2.53. The van der Waals surface area contributed by atoms with Crippen LogP contribution in [-0.4, -0.2) is 58.5 Å². The molecule has 4 rings (SSSR count). The van der Waals surface area contributed by atoms with Crippen LogP contribution in [0.15, 0.2) is 102 Å². The van der Waals surface area contributed by atoms with E-state index in [4.69, 9.17) is 32.7 Å². The van der Waals surface area contributed by atoms with Gasteiger partial charge in [-0.25, -0.2) is 8.42 Å². The Morgan fingerprint density at radius 3 is 2.00 bits per heavy atom. The van der Waals surface area contributed by atoms with E-state index in [0.717, 1.165) is 9.87 Å². The van der Waals surface area contributed by atoms with E-state index in [2.05, 4.69) is 5.32 Å². The molecule has 0 bridgehead atoms. The molecule has 0 aliphatic heterocycles. The molecule has 4 aromatic carbocycles. The summed E-state index contributed by atoms with van der Waals surface area (Å²) in [7, 11) is -1.51. The van der Waals surface area contributed by atoms with E-state index in [0.29, 0.717) is 27.9 Å². The smallest absolute Gasteiger partial charge is 0.264 e. The maximum atomic E-state index is 14.6. The van der Waals surface area contributed by atoms with Gasteiger partial charge in [0.1, 0.15) is 12.6 Å². The number of carbonyl (C=O) groups is 2. The third-order valence-corrected chi connectivity index (χ3v) is 10.1. The van der Waals surface area contributed by atoms with Gasteiger partial charge in [-0.15, -0.1) is 0 Å². The van der Waals surface area contributed by atoms with Gasteiger partial charge in [-0.2, -0.15) is 0 Å². The topological polar surface area (TPSA) is 105 Å². The zero-order valence-corrected chi connectivity index (χ0v) is 29.6. The number of para-hydroxylation sites is 1. The fraction of sp³-hybridized carbons (Fsp3) is 0.278. The van der Waals surface area contributed by atoms with Crippen molar-refractivity contribution in [1.82, 2.24) is 10.2 Å². The van der Waals surface area contributed by atoms with Crippen LogP contribution in [0.25, 0.3) is 0 Å². The van der Waals surface area contributed by atoms with E-state index in [-0.39, 0.29) is 35.2 Å². The molecule has 12 heteroatoms. The molecule has 0 saturated carbocycles. The number of carbonyl (C=O) groups excluding carboxylic acids is 2. The van der Waals surface area contributed by atoms with E-state index in [1.165, 1.54) is 37.3 Å². The van der Waals surface area contributed by atoms with Gasteiger partial charge < -0.3 is 19.7 Å². The zero-order chi connectivity index (χ0) is 34.8. The molecule has 0 radical (unpaired) electrons. The molecule has 0 aliphatic rings. The minimum absolute atomic E-state index is 0.118. The average molecular weight is 713 g/mol. The molecular weight excluding hydrogens is 673 g/mol. The highest BCUT2D eigenvalue weighted by molar-refractivity contribution is 7.92. The standard InChI is InChI=1S/C36H39Cl2N3O6S/c1-25(2)22-39-36(43)32(20-26-12-7-5-8-13-26)40(23-29-30(37)16-11-17-31(29)38)35(42)24-41(27-14-9-6-10-15-27)48(44,45)28-18-19-33(46-3)34(21-28)47-4/h5-19,21,25,32H,20,22-24H2,1-4H3,(H,39,43). The summed E-state index contributed by atoms with van der Waals surface area (Å²) >= 11 is 13.2. The number of halogens is 2. The Hall–Kier alpha value is -4.25. The highest BCUT2D eigenvalue weighted by Crippen LogP contribution is 2.33. The molecule has 0 aliphatic carbocycles. The van der Waals surface area contributed by atoms with E-state index >= 15 is 0 Å². The number of nitrogens with zero attached hydrogens (tertiary/aromatic N) is 2. The summed E-state index contributed by atoms with van der Waals surface area (Å²) in [6.07, 6.45) is 0.159. The van der Waals surface area contributed by atoms with Crippen molar-refractivity contribution in [3.05, 3.63) is 118 Å². The van der Waals surface area contributed by atoms with Crippen LogP contribution in [0, 0.1) is 5.92 Å². The number of hydrogen-bond acceptors (Lipinski definition) is 6. The molecule has 4 aromatic rings. The van der Waals surface area contributed by atoms with Crippen LogP contribution in [0.2, 0.25) is 10.0 Å². The van der Waals surface area contributed by atoms with Crippen molar-refractivity contribution >= 4 is 50.7 Å². The van der Waals surface area contributed by atoms with Crippen LogP contribution in [-0.2, 0) is 32.6 Å². The molecule has 1 N–H and O–H groups in total. The van der Waals surface area contributed by atoms with Gasteiger partial charge in [0, 0.05) is 41.2 Å². The van der Waals surface area contributed by atoms with Crippen LogP contribution in [0.3, 0.4) is 0 Å². The van der Waals surface area contributed by atoms with Crippen molar-refractivity contribution in [2.24, 2.45) is 5.92 Å². The summed E-state index contributed by atoms with van der Waals surface area (Å²) in [4.78, 5) is 29.8. The van der Waals surface area contributed by atoms with Crippen molar-refractivity contribution in [2.45, 2.75) is 37.8 Å². The van der Waals surface area contributed by atoms with Gasteiger partial charge in [0.25, 0.3) is 10.0 Å². The van der Waals surface area contributed by atoms with Gasteiger partial charge in [0.2, 0.25) is 11.8 Å². The van der Waals surface area contributed by atoms with Crippen LogP contribution < -0.4 is 19.1 Å². The Morgan fingerprint density at radius 1 is 0.812 bits per heavy atom. The van der Waals surface area contributed by atoms with Crippen LogP contribution in [0.1, 0.15) is 25.0 Å². The highest BCUT2D eigenvalue weighted by Gasteiger charge is 2.35. The first kappa shape index (κ1) is 36.6.